The van der Waals surface area contributed by atoms with E-state index in [-0.39, 0.29) is 11.6 Å². The van der Waals surface area contributed by atoms with E-state index in [0.717, 1.165) is 4.47 Å². The van der Waals surface area contributed by atoms with E-state index in [0.29, 0.717) is 15.6 Å². The molecule has 0 aliphatic carbocycles. The zero-order valence-corrected chi connectivity index (χ0v) is 13.2. The predicted octanol–water partition coefficient (Wildman–Crippen LogP) is 4.80. The first-order valence-electron chi connectivity index (χ1n) is 5.60. The molecule has 0 spiro atoms. The van der Waals surface area contributed by atoms with Crippen molar-refractivity contribution in [3.8, 4) is 0 Å². The van der Waals surface area contributed by atoms with Gasteiger partial charge in [-0.1, -0.05) is 28.1 Å². The van der Waals surface area contributed by atoms with Crippen molar-refractivity contribution in [1.82, 2.24) is 5.32 Å². The van der Waals surface area contributed by atoms with Crippen LogP contribution in [0.25, 0.3) is 0 Å². The van der Waals surface area contributed by atoms with E-state index in [1.54, 1.807) is 31.3 Å². The van der Waals surface area contributed by atoms with Crippen molar-refractivity contribution in [3.05, 3.63) is 68.1 Å². The van der Waals surface area contributed by atoms with Crippen LogP contribution in [0.2, 0.25) is 0 Å². The van der Waals surface area contributed by atoms with E-state index < -0.39 is 6.04 Å². The first kappa shape index (κ1) is 14.6. The summed E-state index contributed by atoms with van der Waals surface area (Å²) in [5.41, 5.74) is 1.11. The van der Waals surface area contributed by atoms with E-state index in [1.807, 2.05) is 0 Å². The number of rotatable bonds is 3. The van der Waals surface area contributed by atoms with Gasteiger partial charge >= 0.3 is 0 Å². The lowest BCUT2D eigenvalue weighted by Crippen LogP contribution is -2.19. The summed E-state index contributed by atoms with van der Waals surface area (Å²) in [6.45, 7) is 0. The van der Waals surface area contributed by atoms with Crippen LogP contribution in [0.4, 0.5) is 8.78 Å². The lowest BCUT2D eigenvalue weighted by molar-refractivity contribution is 0.566. The molecule has 0 bridgehead atoms. The van der Waals surface area contributed by atoms with Gasteiger partial charge in [-0.2, -0.15) is 0 Å². The Morgan fingerprint density at radius 1 is 1.00 bits per heavy atom. The number of halogens is 4. The van der Waals surface area contributed by atoms with Gasteiger partial charge in [0.05, 0.1) is 10.5 Å². The van der Waals surface area contributed by atoms with Crippen LogP contribution in [0, 0.1) is 11.6 Å². The molecule has 1 N–H and O–H groups in total. The van der Waals surface area contributed by atoms with E-state index in [4.69, 9.17) is 0 Å². The second-order valence-corrected chi connectivity index (χ2v) is 5.74. The predicted molar refractivity (Wildman–Crippen MR) is 79.1 cm³/mol. The highest BCUT2D eigenvalue weighted by molar-refractivity contribution is 9.10. The van der Waals surface area contributed by atoms with Crippen molar-refractivity contribution in [2.45, 2.75) is 6.04 Å². The minimum atomic E-state index is -0.428. The molecule has 2 aromatic carbocycles. The molecule has 1 nitrogen and oxygen atoms in total. The fourth-order valence-corrected chi connectivity index (χ4v) is 2.81. The molecular formula is C14H11Br2F2N. The van der Waals surface area contributed by atoms with E-state index in [1.165, 1.54) is 12.1 Å². The molecular weight excluding hydrogens is 380 g/mol. The molecule has 19 heavy (non-hydrogen) atoms. The van der Waals surface area contributed by atoms with E-state index >= 15 is 0 Å². The average molecular weight is 391 g/mol. The monoisotopic (exact) mass is 389 g/mol. The summed E-state index contributed by atoms with van der Waals surface area (Å²) >= 11 is 6.53. The van der Waals surface area contributed by atoms with Crippen molar-refractivity contribution >= 4 is 31.9 Å². The molecule has 0 aliphatic rings. The standard InChI is InChI=1S/C14H11Br2F2N/c1-19-14(9-3-2-4-12(16)13(9)18)10-7-8(17)5-6-11(10)15/h2-7,14,19H,1H3. The summed E-state index contributed by atoms with van der Waals surface area (Å²) in [4.78, 5) is 0. The largest absolute Gasteiger partial charge is 0.309 e. The average Bonchev–Trinajstić information content (AvgIpc) is 2.39. The third-order valence-electron chi connectivity index (χ3n) is 2.85. The van der Waals surface area contributed by atoms with Gasteiger partial charge in [0.1, 0.15) is 11.6 Å². The molecule has 0 fully saturated rings. The van der Waals surface area contributed by atoms with E-state index in [2.05, 4.69) is 37.2 Å². The summed E-state index contributed by atoms with van der Waals surface area (Å²) in [7, 11) is 1.71. The molecule has 100 valence electrons. The zero-order valence-electron chi connectivity index (χ0n) is 10.1. The molecule has 0 aliphatic heterocycles. The van der Waals surface area contributed by atoms with Crippen molar-refractivity contribution in [2.75, 3.05) is 7.05 Å². The molecule has 0 saturated heterocycles. The summed E-state index contributed by atoms with van der Waals surface area (Å²) in [6.07, 6.45) is 0. The van der Waals surface area contributed by atoms with Gasteiger partial charge in [0.15, 0.2) is 0 Å². The minimum Gasteiger partial charge on any atom is -0.309 e. The molecule has 0 heterocycles. The molecule has 1 atom stereocenters. The van der Waals surface area contributed by atoms with Crippen LogP contribution in [0.15, 0.2) is 45.3 Å². The molecule has 1 unspecified atom stereocenters. The SMILES string of the molecule is CNC(c1cc(F)ccc1Br)c1cccc(Br)c1F. The Labute approximate surface area is 127 Å². The normalized spacial score (nSPS) is 12.5. The fraction of sp³-hybridized carbons (Fsp3) is 0.143. The first-order valence-corrected chi connectivity index (χ1v) is 7.19. The van der Waals surface area contributed by atoms with Crippen molar-refractivity contribution < 1.29 is 8.78 Å². The van der Waals surface area contributed by atoms with Gasteiger partial charge in [0.25, 0.3) is 0 Å². The number of benzene rings is 2. The molecule has 0 amide bonds. The Kier molecular flexibility index (Phi) is 4.71. The number of hydrogen-bond donors (Lipinski definition) is 1. The van der Waals surface area contributed by atoms with Gasteiger partial charge in [0, 0.05) is 10.0 Å². The Morgan fingerprint density at radius 3 is 2.42 bits per heavy atom. The quantitative estimate of drug-likeness (QED) is 0.793. The van der Waals surface area contributed by atoms with Gasteiger partial charge < -0.3 is 5.32 Å². The molecule has 2 rings (SSSR count). The van der Waals surface area contributed by atoms with Crippen molar-refractivity contribution in [1.29, 1.82) is 0 Å². The third-order valence-corrected chi connectivity index (χ3v) is 4.18. The van der Waals surface area contributed by atoms with Gasteiger partial charge in [0.2, 0.25) is 0 Å². The maximum Gasteiger partial charge on any atom is 0.142 e. The van der Waals surface area contributed by atoms with Crippen LogP contribution in [-0.2, 0) is 0 Å². The summed E-state index contributed by atoms with van der Waals surface area (Å²) in [5.74, 6) is -0.702. The highest BCUT2D eigenvalue weighted by atomic mass is 79.9. The van der Waals surface area contributed by atoms with Gasteiger partial charge in [-0.05, 0) is 52.8 Å². The van der Waals surface area contributed by atoms with Crippen LogP contribution in [0.5, 0.6) is 0 Å². The molecule has 0 radical (unpaired) electrons. The van der Waals surface area contributed by atoms with Gasteiger partial charge in [-0.25, -0.2) is 8.78 Å². The van der Waals surface area contributed by atoms with E-state index in [9.17, 15) is 8.78 Å². The van der Waals surface area contributed by atoms with Crippen LogP contribution < -0.4 is 5.32 Å². The molecule has 0 aromatic heterocycles. The second kappa shape index (κ2) is 6.11. The topological polar surface area (TPSA) is 12.0 Å². The summed E-state index contributed by atoms with van der Waals surface area (Å²) < 4.78 is 28.7. The summed E-state index contributed by atoms with van der Waals surface area (Å²) in [6, 6.07) is 9.00. The maximum atomic E-state index is 14.2. The molecule has 5 heteroatoms. The Morgan fingerprint density at radius 2 is 1.74 bits per heavy atom. The number of nitrogens with one attached hydrogen (secondary N) is 1. The van der Waals surface area contributed by atoms with Gasteiger partial charge in [-0.3, -0.25) is 0 Å². The van der Waals surface area contributed by atoms with Gasteiger partial charge in [-0.15, -0.1) is 0 Å². The Bertz CT molecular complexity index is 600. The highest BCUT2D eigenvalue weighted by Crippen LogP contribution is 2.32. The summed E-state index contributed by atoms with van der Waals surface area (Å²) in [5, 5.41) is 3.01. The molecule has 2 aromatic rings. The minimum absolute atomic E-state index is 0.349. The lowest BCUT2D eigenvalue weighted by Gasteiger charge is -2.20. The van der Waals surface area contributed by atoms with Crippen molar-refractivity contribution in [3.63, 3.8) is 0 Å². The Hall–Kier alpha value is -0.780. The third kappa shape index (κ3) is 3.04. The lowest BCUT2D eigenvalue weighted by atomic mass is 9.98. The smallest absolute Gasteiger partial charge is 0.142 e. The number of hydrogen-bond acceptors (Lipinski definition) is 1. The van der Waals surface area contributed by atoms with Crippen LogP contribution >= 0.6 is 31.9 Å². The van der Waals surface area contributed by atoms with Crippen LogP contribution in [-0.4, -0.2) is 7.05 Å². The van der Waals surface area contributed by atoms with Crippen LogP contribution in [0.3, 0.4) is 0 Å². The highest BCUT2D eigenvalue weighted by Gasteiger charge is 2.20. The maximum absolute atomic E-state index is 14.2. The molecule has 0 saturated carbocycles. The zero-order chi connectivity index (χ0) is 14.0. The van der Waals surface area contributed by atoms with Crippen LogP contribution in [0.1, 0.15) is 17.2 Å². The second-order valence-electron chi connectivity index (χ2n) is 4.03. The first-order chi connectivity index (χ1) is 9.04. The fourth-order valence-electron chi connectivity index (χ4n) is 1.96. The van der Waals surface area contributed by atoms with Crippen molar-refractivity contribution in [2.24, 2.45) is 0 Å². The Balaban J connectivity index is 2.56.